The Labute approximate surface area is 123 Å². The van der Waals surface area contributed by atoms with E-state index >= 15 is 0 Å². The molecular weight excluding hydrogens is 292 g/mol. The number of fused-ring (bicyclic) bond motifs is 1. The van der Waals surface area contributed by atoms with E-state index in [-0.39, 0.29) is 16.6 Å². The third kappa shape index (κ3) is 1.97. The molecule has 0 aliphatic carbocycles. The number of aromatic hydroxyl groups is 1. The number of aromatic nitrogens is 3. The highest BCUT2D eigenvalue weighted by Gasteiger charge is 2.20. The van der Waals surface area contributed by atoms with Gasteiger partial charge in [0.1, 0.15) is 17.3 Å². The molecule has 2 heterocycles. The first-order valence-corrected chi connectivity index (χ1v) is 6.71. The van der Waals surface area contributed by atoms with E-state index in [4.69, 9.17) is 0 Å². The fourth-order valence-corrected chi connectivity index (χ4v) is 2.50. The molecule has 3 rings (SSSR count). The molecule has 2 N–H and O–H groups in total. The number of rotatable bonds is 2. The lowest BCUT2D eigenvalue weighted by Crippen LogP contribution is -2.07. The number of benzene rings is 1. The number of nitrogens with zero attached hydrogens (tertiary/aromatic N) is 2. The Bertz CT molecular complexity index is 944. The van der Waals surface area contributed by atoms with Crippen LogP contribution in [-0.4, -0.2) is 19.9 Å². The van der Waals surface area contributed by atoms with E-state index in [9.17, 15) is 18.7 Å². The summed E-state index contributed by atoms with van der Waals surface area (Å²) in [6, 6.07) is 2.83. The molecule has 22 heavy (non-hydrogen) atoms. The van der Waals surface area contributed by atoms with Gasteiger partial charge in [-0.05, 0) is 32.0 Å². The average Bonchev–Trinajstić information content (AvgIpc) is 2.81. The van der Waals surface area contributed by atoms with Crippen LogP contribution in [0.4, 0.5) is 8.78 Å². The van der Waals surface area contributed by atoms with Gasteiger partial charge in [-0.1, -0.05) is 0 Å². The van der Waals surface area contributed by atoms with Gasteiger partial charge in [-0.25, -0.2) is 13.5 Å². The molecule has 0 spiro atoms. The topological polar surface area (TPSA) is 70.9 Å². The van der Waals surface area contributed by atoms with Crippen LogP contribution in [0.2, 0.25) is 0 Å². The van der Waals surface area contributed by atoms with Gasteiger partial charge in [0.05, 0.1) is 16.8 Å². The van der Waals surface area contributed by atoms with Crippen LogP contribution in [0.15, 0.2) is 23.0 Å². The molecule has 0 fully saturated rings. The van der Waals surface area contributed by atoms with Crippen LogP contribution in [0.25, 0.3) is 22.3 Å². The van der Waals surface area contributed by atoms with Crippen LogP contribution in [-0.2, 0) is 6.54 Å². The maximum atomic E-state index is 13.9. The molecule has 0 saturated heterocycles. The summed E-state index contributed by atoms with van der Waals surface area (Å²) in [4.78, 5) is 15.1. The molecule has 7 heteroatoms. The minimum atomic E-state index is -0.744. The van der Waals surface area contributed by atoms with Crippen molar-refractivity contribution >= 4 is 11.0 Å². The lowest BCUT2D eigenvalue weighted by molar-refractivity contribution is 0.470. The minimum Gasteiger partial charge on any atom is -0.503 e. The van der Waals surface area contributed by atoms with Crippen LogP contribution in [0.5, 0.6) is 5.75 Å². The van der Waals surface area contributed by atoms with Gasteiger partial charge in [0.25, 0.3) is 0 Å². The summed E-state index contributed by atoms with van der Waals surface area (Å²) in [6.07, 6.45) is 0. The predicted molar refractivity (Wildman–Crippen MR) is 77.8 cm³/mol. The molecule has 0 amide bonds. The van der Waals surface area contributed by atoms with Gasteiger partial charge in [0.15, 0.2) is 5.75 Å². The molecule has 0 radical (unpaired) electrons. The molecule has 0 aliphatic rings. The van der Waals surface area contributed by atoms with Gasteiger partial charge in [-0.15, -0.1) is 0 Å². The molecular formula is C15H13F2N3O2. The number of H-pyrrole nitrogens is 1. The fourth-order valence-electron chi connectivity index (χ4n) is 2.50. The summed E-state index contributed by atoms with van der Waals surface area (Å²) in [5.74, 6) is -2.07. The minimum absolute atomic E-state index is 0.163. The van der Waals surface area contributed by atoms with E-state index in [0.29, 0.717) is 17.9 Å². The summed E-state index contributed by atoms with van der Waals surface area (Å²) in [6.45, 7) is 3.96. The smallest absolute Gasteiger partial charge is 0.235 e. The van der Waals surface area contributed by atoms with E-state index in [2.05, 4.69) is 10.1 Å². The summed E-state index contributed by atoms with van der Waals surface area (Å²) < 4.78 is 28.8. The number of hydrogen-bond donors (Lipinski definition) is 2. The Hall–Kier alpha value is -2.70. The van der Waals surface area contributed by atoms with Gasteiger partial charge >= 0.3 is 0 Å². The van der Waals surface area contributed by atoms with E-state index in [0.717, 1.165) is 18.2 Å². The highest BCUT2D eigenvalue weighted by atomic mass is 19.1. The number of hydrogen-bond acceptors (Lipinski definition) is 3. The molecule has 5 nitrogen and oxygen atoms in total. The fraction of sp³-hybridized carbons (Fsp3) is 0.200. The Kier molecular flexibility index (Phi) is 3.20. The molecule has 1 aromatic carbocycles. The van der Waals surface area contributed by atoms with Gasteiger partial charge in [-0.3, -0.25) is 4.79 Å². The lowest BCUT2D eigenvalue weighted by atomic mass is 10.1. The summed E-state index contributed by atoms with van der Waals surface area (Å²) in [7, 11) is 0. The number of halogens is 2. The number of nitrogens with one attached hydrogen (secondary N) is 1. The lowest BCUT2D eigenvalue weighted by Gasteiger charge is -2.08. The van der Waals surface area contributed by atoms with Crippen molar-refractivity contribution in [3.8, 4) is 17.0 Å². The zero-order valence-electron chi connectivity index (χ0n) is 11.9. The zero-order valence-corrected chi connectivity index (χ0v) is 11.9. The standard InChI is InChI=1S/C15H13F2N3O2/c1-3-20-15-11(7(2)19-20)13(21)14(22)12(18-15)9-6-8(16)4-5-10(9)17/h4-6,22H,3H2,1-2H3,(H,18,21). The normalized spacial score (nSPS) is 11.3. The zero-order chi connectivity index (χ0) is 16.0. The third-order valence-corrected chi connectivity index (χ3v) is 3.55. The van der Waals surface area contributed by atoms with Crippen molar-refractivity contribution in [1.29, 1.82) is 0 Å². The van der Waals surface area contributed by atoms with Gasteiger partial charge < -0.3 is 10.1 Å². The predicted octanol–water partition coefficient (Wildman–Crippen LogP) is 2.70. The molecule has 0 aliphatic heterocycles. The first kappa shape index (κ1) is 14.2. The van der Waals surface area contributed by atoms with Gasteiger partial charge in [-0.2, -0.15) is 5.10 Å². The molecule has 0 saturated carbocycles. The van der Waals surface area contributed by atoms with Gasteiger partial charge in [0, 0.05) is 12.1 Å². The second-order valence-corrected chi connectivity index (χ2v) is 4.93. The van der Waals surface area contributed by atoms with E-state index in [1.54, 1.807) is 6.92 Å². The van der Waals surface area contributed by atoms with Crippen molar-refractivity contribution in [2.75, 3.05) is 0 Å². The largest absolute Gasteiger partial charge is 0.503 e. The second-order valence-electron chi connectivity index (χ2n) is 4.93. The van der Waals surface area contributed by atoms with Gasteiger partial charge in [0.2, 0.25) is 5.43 Å². The van der Waals surface area contributed by atoms with E-state index in [1.165, 1.54) is 4.68 Å². The van der Waals surface area contributed by atoms with Crippen LogP contribution < -0.4 is 5.43 Å². The number of pyridine rings is 1. The van der Waals surface area contributed by atoms with Crippen molar-refractivity contribution in [2.45, 2.75) is 20.4 Å². The highest BCUT2D eigenvalue weighted by Crippen LogP contribution is 2.30. The van der Waals surface area contributed by atoms with Crippen LogP contribution in [0.1, 0.15) is 12.6 Å². The van der Waals surface area contributed by atoms with Crippen molar-refractivity contribution in [3.63, 3.8) is 0 Å². The SMILES string of the molecule is CCn1nc(C)c2c(=O)c(O)c(-c3cc(F)ccc3F)[nH]c21. The third-order valence-electron chi connectivity index (χ3n) is 3.55. The Morgan fingerprint density at radius 3 is 2.77 bits per heavy atom. The molecule has 0 unspecified atom stereocenters. The average molecular weight is 305 g/mol. The van der Waals surface area contributed by atoms with Crippen LogP contribution in [0.3, 0.4) is 0 Å². The maximum Gasteiger partial charge on any atom is 0.235 e. The molecule has 0 bridgehead atoms. The quantitative estimate of drug-likeness (QED) is 0.764. The van der Waals surface area contributed by atoms with Crippen molar-refractivity contribution < 1.29 is 13.9 Å². The maximum absolute atomic E-state index is 13.9. The number of aryl methyl sites for hydroxylation is 2. The molecule has 114 valence electrons. The molecule has 2 aromatic heterocycles. The van der Waals surface area contributed by atoms with E-state index in [1.807, 2.05) is 6.92 Å². The van der Waals surface area contributed by atoms with E-state index < -0.39 is 22.8 Å². The van der Waals surface area contributed by atoms with Crippen LogP contribution in [0, 0.1) is 18.6 Å². The molecule has 0 atom stereocenters. The van der Waals surface area contributed by atoms with Crippen molar-refractivity contribution in [3.05, 3.63) is 45.8 Å². The number of aromatic amines is 1. The second kappa shape index (κ2) is 4.94. The monoisotopic (exact) mass is 305 g/mol. The summed E-state index contributed by atoms with van der Waals surface area (Å²) in [5, 5.41) is 14.5. The Morgan fingerprint density at radius 1 is 1.36 bits per heavy atom. The highest BCUT2D eigenvalue weighted by molar-refractivity contribution is 5.84. The Balaban J connectivity index is 2.43. The summed E-state index contributed by atoms with van der Waals surface area (Å²) in [5.41, 5.74) is -0.215. The summed E-state index contributed by atoms with van der Waals surface area (Å²) >= 11 is 0. The Morgan fingerprint density at radius 2 is 2.09 bits per heavy atom. The first-order chi connectivity index (χ1) is 10.4. The first-order valence-electron chi connectivity index (χ1n) is 6.71. The molecule has 3 aromatic rings. The van der Waals surface area contributed by atoms with Crippen molar-refractivity contribution in [2.24, 2.45) is 0 Å². The van der Waals surface area contributed by atoms with Crippen LogP contribution >= 0.6 is 0 Å². The van der Waals surface area contributed by atoms with Crippen molar-refractivity contribution in [1.82, 2.24) is 14.8 Å².